The van der Waals surface area contributed by atoms with E-state index in [1.807, 2.05) is 13.8 Å². The first-order valence-electron chi connectivity index (χ1n) is 5.68. The predicted molar refractivity (Wildman–Crippen MR) is 64.8 cm³/mol. The number of hydrogen-bond donors (Lipinski definition) is 1. The van der Waals surface area contributed by atoms with Crippen LogP contribution in [0.15, 0.2) is 12.1 Å². The summed E-state index contributed by atoms with van der Waals surface area (Å²) in [5.41, 5.74) is 8.95. The second-order valence-corrected chi connectivity index (χ2v) is 3.99. The summed E-state index contributed by atoms with van der Waals surface area (Å²) in [5, 5.41) is 0. The Morgan fingerprint density at radius 2 is 1.88 bits per heavy atom. The summed E-state index contributed by atoms with van der Waals surface area (Å²) in [6.07, 6.45) is 1.33. The first-order valence-corrected chi connectivity index (χ1v) is 5.68. The van der Waals surface area contributed by atoms with Crippen molar-refractivity contribution in [3.8, 4) is 5.75 Å². The fourth-order valence-corrected chi connectivity index (χ4v) is 1.81. The van der Waals surface area contributed by atoms with Crippen LogP contribution in [0.4, 0.5) is 4.39 Å². The molecule has 1 aromatic rings. The third kappa shape index (κ3) is 3.49. The van der Waals surface area contributed by atoms with Crippen LogP contribution in [0.25, 0.3) is 0 Å². The third-order valence-corrected chi connectivity index (χ3v) is 2.48. The minimum Gasteiger partial charge on any atom is -0.493 e. The van der Waals surface area contributed by atoms with E-state index in [4.69, 9.17) is 10.5 Å². The Labute approximate surface area is 96.6 Å². The average molecular weight is 225 g/mol. The molecule has 0 radical (unpaired) electrons. The Morgan fingerprint density at radius 3 is 2.38 bits per heavy atom. The molecule has 1 rings (SSSR count). The summed E-state index contributed by atoms with van der Waals surface area (Å²) in [6.45, 7) is 4.79. The van der Waals surface area contributed by atoms with Gasteiger partial charge in [0.25, 0.3) is 0 Å². The van der Waals surface area contributed by atoms with Gasteiger partial charge in [0.05, 0.1) is 13.3 Å². The number of nitrogens with two attached hydrogens (primary N) is 1. The molecule has 0 unspecified atom stereocenters. The molecule has 90 valence electrons. The van der Waals surface area contributed by atoms with Crippen molar-refractivity contribution in [2.45, 2.75) is 26.7 Å². The quantitative estimate of drug-likeness (QED) is 0.755. The first kappa shape index (κ1) is 13.0. The van der Waals surface area contributed by atoms with Crippen LogP contribution < -0.4 is 10.5 Å². The van der Waals surface area contributed by atoms with Gasteiger partial charge in [-0.3, -0.25) is 4.39 Å². The highest BCUT2D eigenvalue weighted by molar-refractivity contribution is 5.43. The second kappa shape index (κ2) is 6.48. The molecule has 0 heterocycles. The number of rotatable bonds is 6. The second-order valence-electron chi connectivity index (χ2n) is 3.99. The van der Waals surface area contributed by atoms with Gasteiger partial charge in [0, 0.05) is 6.42 Å². The van der Waals surface area contributed by atoms with Gasteiger partial charge in [0.1, 0.15) is 5.75 Å². The molecule has 2 nitrogen and oxygen atoms in total. The largest absolute Gasteiger partial charge is 0.493 e. The molecule has 0 aromatic heterocycles. The molecule has 16 heavy (non-hydrogen) atoms. The summed E-state index contributed by atoms with van der Waals surface area (Å²) < 4.78 is 17.5. The summed E-state index contributed by atoms with van der Waals surface area (Å²) >= 11 is 0. The van der Waals surface area contributed by atoms with Crippen molar-refractivity contribution in [2.24, 2.45) is 5.73 Å². The predicted octanol–water partition coefficient (Wildman–Crippen LogP) is 2.54. The van der Waals surface area contributed by atoms with Crippen LogP contribution in [-0.4, -0.2) is 19.8 Å². The molecule has 0 spiro atoms. The highest BCUT2D eigenvalue weighted by Gasteiger charge is 2.06. The van der Waals surface area contributed by atoms with Crippen molar-refractivity contribution in [3.05, 3.63) is 28.8 Å². The van der Waals surface area contributed by atoms with Gasteiger partial charge in [-0.2, -0.15) is 0 Å². The lowest BCUT2D eigenvalue weighted by Crippen LogP contribution is -2.05. The minimum absolute atomic E-state index is 0.330. The zero-order valence-electron chi connectivity index (χ0n) is 10.1. The van der Waals surface area contributed by atoms with Crippen LogP contribution in [0.2, 0.25) is 0 Å². The van der Waals surface area contributed by atoms with E-state index >= 15 is 0 Å². The molecule has 0 bridgehead atoms. The van der Waals surface area contributed by atoms with E-state index in [2.05, 4.69) is 12.1 Å². The Kier molecular flexibility index (Phi) is 5.26. The smallest absolute Gasteiger partial charge is 0.125 e. The number of halogens is 1. The van der Waals surface area contributed by atoms with Crippen LogP contribution in [0.5, 0.6) is 5.75 Å². The van der Waals surface area contributed by atoms with Crippen molar-refractivity contribution in [1.29, 1.82) is 0 Å². The molecule has 0 saturated carbocycles. The standard InChI is InChI=1S/C13H20FNO/c1-10-8-12(4-6-15)9-11(2)13(10)16-7-3-5-14/h8-9H,3-7,15H2,1-2H3. The van der Waals surface area contributed by atoms with Gasteiger partial charge in [0.2, 0.25) is 0 Å². The summed E-state index contributed by atoms with van der Waals surface area (Å²) in [6, 6.07) is 4.18. The summed E-state index contributed by atoms with van der Waals surface area (Å²) in [7, 11) is 0. The van der Waals surface area contributed by atoms with Crippen LogP contribution in [-0.2, 0) is 6.42 Å². The monoisotopic (exact) mass is 225 g/mol. The lowest BCUT2D eigenvalue weighted by atomic mass is 10.0. The van der Waals surface area contributed by atoms with E-state index in [1.165, 1.54) is 5.56 Å². The molecule has 2 N–H and O–H groups in total. The number of hydrogen-bond acceptors (Lipinski definition) is 2. The molecule has 0 atom stereocenters. The first-order chi connectivity index (χ1) is 7.69. The topological polar surface area (TPSA) is 35.2 Å². The van der Waals surface area contributed by atoms with E-state index in [0.29, 0.717) is 19.6 Å². The van der Waals surface area contributed by atoms with E-state index in [-0.39, 0.29) is 6.67 Å². The van der Waals surface area contributed by atoms with Gasteiger partial charge < -0.3 is 10.5 Å². The Bertz CT molecular complexity index is 316. The summed E-state index contributed by atoms with van der Waals surface area (Å²) in [4.78, 5) is 0. The van der Waals surface area contributed by atoms with Crippen LogP contribution >= 0.6 is 0 Å². The van der Waals surface area contributed by atoms with Crippen LogP contribution in [0, 0.1) is 13.8 Å². The van der Waals surface area contributed by atoms with Crippen LogP contribution in [0.3, 0.4) is 0 Å². The highest BCUT2D eigenvalue weighted by Crippen LogP contribution is 2.25. The maximum Gasteiger partial charge on any atom is 0.125 e. The molecule has 1 aromatic carbocycles. The molecule has 0 aliphatic heterocycles. The fraction of sp³-hybridized carbons (Fsp3) is 0.538. The van der Waals surface area contributed by atoms with Gasteiger partial charge >= 0.3 is 0 Å². The molecule has 0 amide bonds. The zero-order chi connectivity index (χ0) is 12.0. The number of aryl methyl sites for hydroxylation is 2. The van der Waals surface area contributed by atoms with Gasteiger partial charge in [0.15, 0.2) is 0 Å². The van der Waals surface area contributed by atoms with Crippen molar-refractivity contribution in [1.82, 2.24) is 0 Å². The van der Waals surface area contributed by atoms with Gasteiger partial charge in [-0.1, -0.05) is 12.1 Å². The van der Waals surface area contributed by atoms with Gasteiger partial charge in [-0.15, -0.1) is 0 Å². The van der Waals surface area contributed by atoms with Crippen molar-refractivity contribution in [2.75, 3.05) is 19.8 Å². The Balaban J connectivity index is 2.77. The number of ether oxygens (including phenoxy) is 1. The van der Waals surface area contributed by atoms with Gasteiger partial charge in [-0.25, -0.2) is 0 Å². The van der Waals surface area contributed by atoms with Crippen molar-refractivity contribution in [3.63, 3.8) is 0 Å². The lowest BCUT2D eigenvalue weighted by molar-refractivity contribution is 0.286. The lowest BCUT2D eigenvalue weighted by Gasteiger charge is -2.13. The van der Waals surface area contributed by atoms with Crippen LogP contribution in [0.1, 0.15) is 23.1 Å². The third-order valence-electron chi connectivity index (χ3n) is 2.48. The summed E-state index contributed by atoms with van der Waals surface area (Å²) in [5.74, 6) is 0.884. The molecule has 0 saturated heterocycles. The van der Waals surface area contributed by atoms with E-state index < -0.39 is 0 Å². The Morgan fingerprint density at radius 1 is 1.25 bits per heavy atom. The molecule has 0 aliphatic rings. The molecule has 3 heteroatoms. The molecule has 0 aliphatic carbocycles. The van der Waals surface area contributed by atoms with Crippen molar-refractivity contribution >= 4 is 0 Å². The van der Waals surface area contributed by atoms with E-state index in [1.54, 1.807) is 0 Å². The Hall–Kier alpha value is -1.09. The van der Waals surface area contributed by atoms with Crippen molar-refractivity contribution < 1.29 is 9.13 Å². The normalized spacial score (nSPS) is 10.5. The average Bonchev–Trinajstić information content (AvgIpc) is 2.23. The highest BCUT2D eigenvalue weighted by atomic mass is 19.1. The maximum atomic E-state index is 12.0. The molecular weight excluding hydrogens is 205 g/mol. The molecular formula is C13H20FNO. The fourth-order valence-electron chi connectivity index (χ4n) is 1.81. The van der Waals surface area contributed by atoms with E-state index in [0.717, 1.165) is 23.3 Å². The maximum absolute atomic E-state index is 12.0. The SMILES string of the molecule is Cc1cc(CCN)cc(C)c1OCCCF. The van der Waals surface area contributed by atoms with Gasteiger partial charge in [-0.05, 0) is 43.5 Å². The molecule has 0 fully saturated rings. The number of alkyl halides is 1. The zero-order valence-corrected chi connectivity index (χ0v) is 10.1. The minimum atomic E-state index is -0.330. The number of benzene rings is 1. The van der Waals surface area contributed by atoms with E-state index in [9.17, 15) is 4.39 Å².